The Labute approximate surface area is 161 Å². The summed E-state index contributed by atoms with van der Waals surface area (Å²) in [6.45, 7) is 0. The minimum absolute atomic E-state index is 0.226. The first-order valence-electron chi connectivity index (χ1n) is 9.20. The van der Waals surface area contributed by atoms with Crippen molar-refractivity contribution in [2.45, 2.75) is 25.7 Å². The van der Waals surface area contributed by atoms with Crippen LogP contribution < -0.4 is 10.9 Å². The number of hydrazine groups is 1. The highest BCUT2D eigenvalue weighted by Gasteiger charge is 2.10. The van der Waals surface area contributed by atoms with Crippen molar-refractivity contribution in [3.63, 3.8) is 0 Å². The standard InChI is InChI=1S/C22H20N2O4/c25-21(11-9-17-13-15-5-1-3-7-19(15)27-17)23-24-22(26)12-10-18-14-16-6-2-4-8-20(16)28-18/h1-8,13-14H,9-12H2,(H,23,25)(H,24,26). The number of nitrogens with one attached hydrogen (secondary N) is 2. The predicted octanol–water partition coefficient (Wildman–Crippen LogP) is 3.89. The molecule has 2 aromatic carbocycles. The van der Waals surface area contributed by atoms with Crippen molar-refractivity contribution in [3.05, 3.63) is 72.2 Å². The van der Waals surface area contributed by atoms with E-state index in [1.165, 1.54) is 0 Å². The topological polar surface area (TPSA) is 84.5 Å². The zero-order chi connectivity index (χ0) is 19.3. The summed E-state index contributed by atoms with van der Waals surface area (Å²) in [5.74, 6) is 0.954. The summed E-state index contributed by atoms with van der Waals surface area (Å²) in [6, 6.07) is 19.2. The molecule has 6 nitrogen and oxygen atoms in total. The van der Waals surface area contributed by atoms with Gasteiger partial charge in [0.1, 0.15) is 22.7 Å². The number of aryl methyl sites for hydroxylation is 2. The molecular formula is C22H20N2O4. The Hall–Kier alpha value is -3.54. The van der Waals surface area contributed by atoms with Gasteiger partial charge in [0.2, 0.25) is 11.8 Å². The van der Waals surface area contributed by atoms with Crippen molar-refractivity contribution in [2.75, 3.05) is 0 Å². The minimum atomic E-state index is -0.266. The van der Waals surface area contributed by atoms with E-state index >= 15 is 0 Å². The van der Waals surface area contributed by atoms with Gasteiger partial charge in [0.15, 0.2) is 0 Å². The van der Waals surface area contributed by atoms with E-state index in [9.17, 15) is 9.59 Å². The van der Waals surface area contributed by atoms with Crippen LogP contribution in [0.15, 0.2) is 69.5 Å². The highest BCUT2D eigenvalue weighted by molar-refractivity contribution is 5.83. The lowest BCUT2D eigenvalue weighted by Gasteiger charge is -2.06. The number of benzene rings is 2. The average molecular weight is 376 g/mol. The molecule has 0 atom stereocenters. The molecule has 2 amide bonds. The van der Waals surface area contributed by atoms with E-state index in [0.29, 0.717) is 12.8 Å². The van der Waals surface area contributed by atoms with Gasteiger partial charge in [0.05, 0.1) is 0 Å². The Bertz CT molecular complexity index is 970. The van der Waals surface area contributed by atoms with E-state index < -0.39 is 0 Å². The number of rotatable bonds is 6. The van der Waals surface area contributed by atoms with Crippen LogP contribution in [0.2, 0.25) is 0 Å². The largest absolute Gasteiger partial charge is 0.461 e. The first-order chi connectivity index (χ1) is 13.7. The fourth-order valence-corrected chi connectivity index (χ4v) is 3.06. The molecule has 0 aliphatic heterocycles. The van der Waals surface area contributed by atoms with E-state index in [0.717, 1.165) is 33.5 Å². The number of fused-ring (bicyclic) bond motifs is 2. The smallest absolute Gasteiger partial charge is 0.238 e. The summed E-state index contributed by atoms with van der Waals surface area (Å²) >= 11 is 0. The predicted molar refractivity (Wildman–Crippen MR) is 105 cm³/mol. The number of carbonyl (C=O) groups is 2. The summed E-state index contributed by atoms with van der Waals surface area (Å²) in [4.78, 5) is 23.9. The van der Waals surface area contributed by atoms with E-state index in [-0.39, 0.29) is 24.7 Å². The molecule has 6 heteroatoms. The third-order valence-electron chi connectivity index (χ3n) is 4.49. The van der Waals surface area contributed by atoms with E-state index in [1.807, 2.05) is 60.7 Å². The third-order valence-corrected chi connectivity index (χ3v) is 4.49. The molecule has 28 heavy (non-hydrogen) atoms. The van der Waals surface area contributed by atoms with Crippen LogP contribution in [-0.4, -0.2) is 11.8 Å². The molecule has 0 bridgehead atoms. The van der Waals surface area contributed by atoms with Crippen molar-refractivity contribution in [3.8, 4) is 0 Å². The van der Waals surface area contributed by atoms with Crippen LogP contribution in [0.1, 0.15) is 24.4 Å². The van der Waals surface area contributed by atoms with Crippen LogP contribution in [0.5, 0.6) is 0 Å². The zero-order valence-electron chi connectivity index (χ0n) is 15.2. The van der Waals surface area contributed by atoms with Crippen LogP contribution in [0.25, 0.3) is 21.9 Å². The first-order valence-corrected chi connectivity index (χ1v) is 9.20. The number of hydrogen-bond acceptors (Lipinski definition) is 4. The van der Waals surface area contributed by atoms with Crippen molar-refractivity contribution in [1.29, 1.82) is 0 Å². The number of para-hydroxylation sites is 2. The summed E-state index contributed by atoms with van der Waals surface area (Å²) in [6.07, 6.45) is 1.39. The fraction of sp³-hybridized carbons (Fsp3) is 0.182. The molecule has 0 aliphatic carbocycles. The lowest BCUT2D eigenvalue weighted by atomic mass is 10.2. The molecule has 142 valence electrons. The fourth-order valence-electron chi connectivity index (χ4n) is 3.06. The van der Waals surface area contributed by atoms with Gasteiger partial charge in [-0.2, -0.15) is 0 Å². The maximum atomic E-state index is 11.9. The Balaban J connectivity index is 1.20. The first kappa shape index (κ1) is 17.9. The molecule has 0 spiro atoms. The maximum Gasteiger partial charge on any atom is 0.238 e. The maximum absolute atomic E-state index is 11.9. The van der Waals surface area contributed by atoms with Gasteiger partial charge in [-0.15, -0.1) is 0 Å². The van der Waals surface area contributed by atoms with E-state index in [4.69, 9.17) is 8.83 Å². The monoisotopic (exact) mass is 376 g/mol. The quantitative estimate of drug-likeness (QED) is 0.500. The number of furan rings is 2. The summed E-state index contributed by atoms with van der Waals surface area (Å²) in [5, 5.41) is 2.02. The van der Waals surface area contributed by atoms with Crippen molar-refractivity contribution < 1.29 is 18.4 Å². The number of amides is 2. The van der Waals surface area contributed by atoms with Gasteiger partial charge in [-0.25, -0.2) is 0 Å². The second-order valence-corrected chi connectivity index (χ2v) is 6.60. The summed E-state index contributed by atoms with van der Waals surface area (Å²) in [7, 11) is 0. The molecule has 0 saturated heterocycles. The van der Waals surface area contributed by atoms with Crippen LogP contribution >= 0.6 is 0 Å². The van der Waals surface area contributed by atoms with Gasteiger partial charge in [-0.3, -0.25) is 20.4 Å². The SMILES string of the molecule is O=C(CCc1cc2ccccc2o1)NNC(=O)CCc1cc2ccccc2o1. The molecule has 0 unspecified atom stereocenters. The Morgan fingerprint density at radius 2 is 1.11 bits per heavy atom. The van der Waals surface area contributed by atoms with Crippen LogP contribution in [0.3, 0.4) is 0 Å². The van der Waals surface area contributed by atoms with Gasteiger partial charge in [0, 0.05) is 36.5 Å². The normalized spacial score (nSPS) is 11.0. The Morgan fingerprint density at radius 1 is 0.679 bits per heavy atom. The van der Waals surface area contributed by atoms with Crippen molar-refractivity contribution in [2.24, 2.45) is 0 Å². The molecule has 2 heterocycles. The molecule has 0 saturated carbocycles. The molecule has 2 N–H and O–H groups in total. The third kappa shape index (κ3) is 4.23. The molecule has 4 aromatic rings. The van der Waals surface area contributed by atoms with Crippen LogP contribution in [0.4, 0.5) is 0 Å². The highest BCUT2D eigenvalue weighted by atomic mass is 16.3. The average Bonchev–Trinajstić information content (AvgIpc) is 3.32. The Morgan fingerprint density at radius 3 is 1.54 bits per heavy atom. The van der Waals surface area contributed by atoms with Gasteiger partial charge < -0.3 is 8.83 Å². The van der Waals surface area contributed by atoms with Crippen molar-refractivity contribution in [1.82, 2.24) is 10.9 Å². The summed E-state index contributed by atoms with van der Waals surface area (Å²) < 4.78 is 11.4. The van der Waals surface area contributed by atoms with Gasteiger partial charge in [-0.1, -0.05) is 36.4 Å². The second kappa shape index (κ2) is 8.00. The van der Waals surface area contributed by atoms with Crippen LogP contribution in [0, 0.1) is 0 Å². The minimum Gasteiger partial charge on any atom is -0.461 e. The Kier molecular flexibility index (Phi) is 5.10. The number of hydrogen-bond donors (Lipinski definition) is 2. The van der Waals surface area contributed by atoms with Gasteiger partial charge in [0.25, 0.3) is 0 Å². The second-order valence-electron chi connectivity index (χ2n) is 6.60. The lowest BCUT2D eigenvalue weighted by molar-refractivity contribution is -0.128. The molecule has 0 aliphatic rings. The number of carbonyl (C=O) groups excluding carboxylic acids is 2. The summed E-state index contributed by atoms with van der Waals surface area (Å²) in [5.41, 5.74) is 6.48. The van der Waals surface area contributed by atoms with E-state index in [1.54, 1.807) is 0 Å². The molecular weight excluding hydrogens is 356 g/mol. The zero-order valence-corrected chi connectivity index (χ0v) is 15.2. The van der Waals surface area contributed by atoms with Crippen molar-refractivity contribution >= 4 is 33.8 Å². The van der Waals surface area contributed by atoms with E-state index in [2.05, 4.69) is 10.9 Å². The van der Waals surface area contributed by atoms with Crippen LogP contribution in [-0.2, 0) is 22.4 Å². The van der Waals surface area contributed by atoms with Gasteiger partial charge >= 0.3 is 0 Å². The molecule has 0 radical (unpaired) electrons. The van der Waals surface area contributed by atoms with Gasteiger partial charge in [-0.05, 0) is 24.3 Å². The molecule has 2 aromatic heterocycles. The highest BCUT2D eigenvalue weighted by Crippen LogP contribution is 2.20. The molecule has 0 fully saturated rings. The lowest BCUT2D eigenvalue weighted by Crippen LogP contribution is -2.41. The molecule has 4 rings (SSSR count).